The van der Waals surface area contributed by atoms with Crippen molar-refractivity contribution in [3.05, 3.63) is 87.4 Å². The number of nitrogens with zero attached hydrogens (tertiary/aromatic N) is 3. The third kappa shape index (κ3) is 3.83. The van der Waals surface area contributed by atoms with Crippen LogP contribution < -0.4 is 10.1 Å². The number of allylic oxidation sites excluding steroid dienone is 1. The van der Waals surface area contributed by atoms with Gasteiger partial charge in [-0.05, 0) is 24.3 Å². The van der Waals surface area contributed by atoms with Gasteiger partial charge in [0.25, 0.3) is 5.69 Å². The number of nitro benzene ring substituents is 1. The molecule has 0 unspecified atom stereocenters. The van der Waals surface area contributed by atoms with Gasteiger partial charge in [-0.1, -0.05) is 18.2 Å². The highest BCUT2D eigenvalue weighted by molar-refractivity contribution is 7.11. The number of nitro groups is 1. The predicted molar refractivity (Wildman–Crippen MR) is 132 cm³/mol. The lowest BCUT2D eigenvalue weighted by Crippen LogP contribution is -1.95. The zero-order valence-electron chi connectivity index (χ0n) is 17.8. The lowest BCUT2D eigenvalue weighted by atomic mass is 10.1. The van der Waals surface area contributed by atoms with Gasteiger partial charge in [0.2, 0.25) is 0 Å². The maximum atomic E-state index is 10.9. The van der Waals surface area contributed by atoms with E-state index >= 15 is 0 Å². The fraction of sp³-hybridized carbons (Fsp3) is 0.0400. The predicted octanol–water partition coefficient (Wildman–Crippen LogP) is 6.60. The van der Waals surface area contributed by atoms with Crippen LogP contribution in [0.3, 0.4) is 0 Å². The maximum absolute atomic E-state index is 10.9. The summed E-state index contributed by atoms with van der Waals surface area (Å²) < 4.78 is 11.5. The van der Waals surface area contributed by atoms with Crippen molar-refractivity contribution >= 4 is 50.2 Å². The lowest BCUT2D eigenvalue weighted by Gasteiger charge is -2.08. The van der Waals surface area contributed by atoms with Crippen LogP contribution in [-0.4, -0.2) is 17.0 Å². The van der Waals surface area contributed by atoms with E-state index in [0.29, 0.717) is 33.3 Å². The summed E-state index contributed by atoms with van der Waals surface area (Å²) in [5, 5.41) is 28.0. The quantitative estimate of drug-likeness (QED) is 0.169. The molecule has 5 rings (SSSR count). The van der Waals surface area contributed by atoms with Gasteiger partial charge in [0.15, 0.2) is 0 Å². The van der Waals surface area contributed by atoms with E-state index in [9.17, 15) is 15.4 Å². The molecule has 0 radical (unpaired) electrons. The van der Waals surface area contributed by atoms with E-state index in [1.54, 1.807) is 25.4 Å². The molecule has 166 valence electrons. The van der Waals surface area contributed by atoms with Crippen molar-refractivity contribution in [1.29, 1.82) is 5.26 Å². The van der Waals surface area contributed by atoms with Crippen LogP contribution in [0.25, 0.3) is 38.8 Å². The molecule has 0 saturated heterocycles. The second kappa shape index (κ2) is 8.69. The highest BCUT2D eigenvalue weighted by Crippen LogP contribution is 2.36. The van der Waals surface area contributed by atoms with Gasteiger partial charge in [0.1, 0.15) is 33.6 Å². The number of non-ortho nitro benzene ring substituents is 1. The van der Waals surface area contributed by atoms with E-state index in [0.717, 1.165) is 21.9 Å². The van der Waals surface area contributed by atoms with Crippen molar-refractivity contribution in [3.8, 4) is 23.1 Å². The molecule has 0 bridgehead atoms. The fourth-order valence-corrected chi connectivity index (χ4v) is 4.40. The van der Waals surface area contributed by atoms with Crippen molar-refractivity contribution in [3.63, 3.8) is 0 Å². The number of hydrogen-bond donors (Lipinski definition) is 1. The normalized spacial score (nSPS) is 11.5. The summed E-state index contributed by atoms with van der Waals surface area (Å²) in [6, 6.07) is 19.8. The SMILES string of the molecule is COc1cc2c(cc1NC=C(C#N)c1nc(-c3ccc([N+](=O)[O-])cc3)cs1)oc1ccccc12. The van der Waals surface area contributed by atoms with Gasteiger partial charge in [0, 0.05) is 46.1 Å². The van der Waals surface area contributed by atoms with Gasteiger partial charge in [-0.15, -0.1) is 11.3 Å². The summed E-state index contributed by atoms with van der Waals surface area (Å²) in [6.07, 6.45) is 1.57. The first kappa shape index (κ1) is 21.2. The molecule has 0 aliphatic heterocycles. The van der Waals surface area contributed by atoms with Crippen molar-refractivity contribution in [1.82, 2.24) is 4.98 Å². The molecule has 34 heavy (non-hydrogen) atoms. The monoisotopic (exact) mass is 468 g/mol. The zero-order chi connectivity index (χ0) is 23.7. The first-order valence-corrected chi connectivity index (χ1v) is 11.0. The Morgan fingerprint density at radius 2 is 1.97 bits per heavy atom. The van der Waals surface area contributed by atoms with E-state index in [1.807, 2.05) is 41.8 Å². The van der Waals surface area contributed by atoms with Crippen LogP contribution >= 0.6 is 11.3 Å². The van der Waals surface area contributed by atoms with Crippen molar-refractivity contribution in [2.75, 3.05) is 12.4 Å². The largest absolute Gasteiger partial charge is 0.495 e. The molecule has 0 spiro atoms. The molecule has 0 amide bonds. The van der Waals surface area contributed by atoms with Crippen molar-refractivity contribution in [2.45, 2.75) is 0 Å². The van der Waals surface area contributed by atoms with Gasteiger partial charge >= 0.3 is 0 Å². The number of benzene rings is 3. The van der Waals surface area contributed by atoms with E-state index in [-0.39, 0.29) is 5.69 Å². The molecule has 0 fully saturated rings. The van der Waals surface area contributed by atoms with Crippen LogP contribution in [-0.2, 0) is 0 Å². The Morgan fingerprint density at radius 3 is 2.71 bits per heavy atom. The minimum atomic E-state index is -0.449. The van der Waals surface area contributed by atoms with E-state index in [2.05, 4.69) is 16.4 Å². The number of thiazole rings is 1. The summed E-state index contributed by atoms with van der Waals surface area (Å²) in [5.74, 6) is 0.610. The van der Waals surface area contributed by atoms with Gasteiger partial charge in [0.05, 0.1) is 23.4 Å². The average molecular weight is 468 g/mol. The topological polar surface area (TPSA) is 114 Å². The number of para-hydroxylation sites is 1. The summed E-state index contributed by atoms with van der Waals surface area (Å²) >= 11 is 1.31. The Kier molecular flexibility index (Phi) is 5.41. The van der Waals surface area contributed by atoms with Gasteiger partial charge < -0.3 is 14.5 Å². The van der Waals surface area contributed by atoms with Crippen molar-refractivity contribution in [2.24, 2.45) is 0 Å². The molecule has 9 heteroatoms. The Bertz CT molecular complexity index is 1610. The number of anilines is 1. The second-order valence-electron chi connectivity index (χ2n) is 7.30. The average Bonchev–Trinajstić information content (AvgIpc) is 3.49. The maximum Gasteiger partial charge on any atom is 0.269 e. The molecular formula is C25H16N4O4S. The molecule has 5 aromatic rings. The van der Waals surface area contributed by atoms with Crippen LogP contribution in [0, 0.1) is 21.4 Å². The number of hydrogen-bond acceptors (Lipinski definition) is 8. The van der Waals surface area contributed by atoms with Gasteiger partial charge in [-0.2, -0.15) is 5.26 Å². The summed E-state index contributed by atoms with van der Waals surface area (Å²) in [5.41, 5.74) is 3.85. The minimum Gasteiger partial charge on any atom is -0.495 e. The fourth-order valence-electron chi connectivity index (χ4n) is 3.61. The Morgan fingerprint density at radius 1 is 1.18 bits per heavy atom. The first-order chi connectivity index (χ1) is 16.6. The number of methoxy groups -OCH3 is 1. The van der Waals surface area contributed by atoms with Crippen LogP contribution in [0.4, 0.5) is 11.4 Å². The molecule has 2 aromatic heterocycles. The third-order valence-electron chi connectivity index (χ3n) is 5.30. The van der Waals surface area contributed by atoms with Gasteiger partial charge in [-0.25, -0.2) is 4.98 Å². The zero-order valence-corrected chi connectivity index (χ0v) is 18.6. The molecule has 8 nitrogen and oxygen atoms in total. The second-order valence-corrected chi connectivity index (χ2v) is 8.16. The van der Waals surface area contributed by atoms with Crippen LogP contribution in [0.2, 0.25) is 0 Å². The standard InChI is InChI=1S/C25H16N4O4S/c1-32-24-10-19-18-4-2-3-5-22(18)33-23(19)11-20(24)27-13-16(12-26)25-28-21(14-34-25)15-6-8-17(9-7-15)29(30)31/h2-11,13-14,27H,1H3. The number of rotatable bonds is 6. The number of nitrogens with one attached hydrogen (secondary N) is 1. The molecule has 2 heterocycles. The third-order valence-corrected chi connectivity index (χ3v) is 6.18. The van der Waals surface area contributed by atoms with E-state index < -0.39 is 4.92 Å². The molecule has 0 aliphatic carbocycles. The number of furan rings is 1. The summed E-state index contributed by atoms with van der Waals surface area (Å²) in [6.45, 7) is 0. The molecule has 0 atom stereocenters. The summed E-state index contributed by atoms with van der Waals surface area (Å²) in [4.78, 5) is 14.9. The van der Waals surface area contributed by atoms with E-state index in [1.165, 1.54) is 23.5 Å². The molecule has 3 aromatic carbocycles. The molecular weight excluding hydrogens is 452 g/mol. The number of fused-ring (bicyclic) bond motifs is 3. The molecule has 0 saturated carbocycles. The smallest absolute Gasteiger partial charge is 0.269 e. The number of nitriles is 1. The van der Waals surface area contributed by atoms with Crippen LogP contribution in [0.15, 0.2) is 76.7 Å². The Balaban J connectivity index is 1.44. The van der Waals surface area contributed by atoms with Gasteiger partial charge in [-0.3, -0.25) is 10.1 Å². The van der Waals surface area contributed by atoms with Crippen molar-refractivity contribution < 1.29 is 14.1 Å². The summed E-state index contributed by atoms with van der Waals surface area (Å²) in [7, 11) is 1.58. The van der Waals surface area contributed by atoms with Crippen LogP contribution in [0.5, 0.6) is 5.75 Å². The Labute approximate surface area is 197 Å². The molecule has 1 N–H and O–H groups in total. The number of ether oxygens (including phenoxy) is 1. The first-order valence-electron chi connectivity index (χ1n) is 10.1. The molecule has 0 aliphatic rings. The Hall–Kier alpha value is -4.68. The lowest BCUT2D eigenvalue weighted by molar-refractivity contribution is -0.384. The van der Waals surface area contributed by atoms with Crippen LogP contribution in [0.1, 0.15) is 5.01 Å². The highest BCUT2D eigenvalue weighted by Gasteiger charge is 2.14. The highest BCUT2D eigenvalue weighted by atomic mass is 32.1. The minimum absolute atomic E-state index is 0.0105. The number of aromatic nitrogens is 1. The van der Waals surface area contributed by atoms with E-state index in [4.69, 9.17) is 9.15 Å².